The van der Waals surface area contributed by atoms with Crippen LogP contribution in [0.2, 0.25) is 0 Å². The van der Waals surface area contributed by atoms with Crippen LogP contribution in [0.5, 0.6) is 0 Å². The van der Waals surface area contributed by atoms with Gasteiger partial charge in [0.15, 0.2) is 0 Å². The van der Waals surface area contributed by atoms with Crippen molar-refractivity contribution in [2.24, 2.45) is 5.73 Å². The molecule has 0 saturated heterocycles. The lowest BCUT2D eigenvalue weighted by Gasteiger charge is -2.03. The summed E-state index contributed by atoms with van der Waals surface area (Å²) in [7, 11) is 0. The van der Waals surface area contributed by atoms with Crippen molar-refractivity contribution in [1.82, 2.24) is 4.98 Å². The molecule has 14 heavy (non-hydrogen) atoms. The summed E-state index contributed by atoms with van der Waals surface area (Å²) < 4.78 is 0. The lowest BCUT2D eigenvalue weighted by Crippen LogP contribution is -2.18. The van der Waals surface area contributed by atoms with Gasteiger partial charge in [0.05, 0.1) is 0 Å². The van der Waals surface area contributed by atoms with Gasteiger partial charge in [-0.1, -0.05) is 18.2 Å². The van der Waals surface area contributed by atoms with E-state index in [0.29, 0.717) is 0 Å². The van der Waals surface area contributed by atoms with E-state index in [-0.39, 0.29) is 6.04 Å². The first-order valence-electron chi connectivity index (χ1n) is 5.00. The van der Waals surface area contributed by atoms with Gasteiger partial charge < -0.3 is 10.7 Å². The van der Waals surface area contributed by atoms with Crippen LogP contribution in [0.1, 0.15) is 18.2 Å². The number of aromatic nitrogens is 1. The van der Waals surface area contributed by atoms with Crippen LogP contribution in [0, 0.1) is 6.92 Å². The topological polar surface area (TPSA) is 41.8 Å². The van der Waals surface area contributed by atoms with Crippen LogP contribution in [0.3, 0.4) is 0 Å². The Morgan fingerprint density at radius 2 is 2.07 bits per heavy atom. The van der Waals surface area contributed by atoms with E-state index in [2.05, 4.69) is 30.1 Å². The molecule has 0 aliphatic carbocycles. The number of aromatic amines is 1. The van der Waals surface area contributed by atoms with E-state index in [0.717, 1.165) is 6.42 Å². The SMILES string of the molecule is Cc1c(CC(C)N)[nH]c2ccccc12. The van der Waals surface area contributed by atoms with Crippen molar-refractivity contribution in [1.29, 1.82) is 0 Å². The van der Waals surface area contributed by atoms with Crippen LogP contribution in [-0.2, 0) is 6.42 Å². The summed E-state index contributed by atoms with van der Waals surface area (Å²) >= 11 is 0. The largest absolute Gasteiger partial charge is 0.358 e. The second-order valence-corrected chi connectivity index (χ2v) is 3.96. The summed E-state index contributed by atoms with van der Waals surface area (Å²) in [5, 5.41) is 1.31. The maximum absolute atomic E-state index is 5.80. The molecule has 2 rings (SSSR count). The molecule has 0 radical (unpaired) electrons. The molecule has 3 N–H and O–H groups in total. The van der Waals surface area contributed by atoms with E-state index in [1.165, 1.54) is 22.2 Å². The molecule has 0 fully saturated rings. The van der Waals surface area contributed by atoms with Crippen LogP contribution in [0.4, 0.5) is 0 Å². The number of fused-ring (bicyclic) bond motifs is 1. The molecule has 0 bridgehead atoms. The van der Waals surface area contributed by atoms with Crippen molar-refractivity contribution < 1.29 is 0 Å². The van der Waals surface area contributed by atoms with Crippen molar-refractivity contribution in [3.05, 3.63) is 35.5 Å². The highest BCUT2D eigenvalue weighted by atomic mass is 14.7. The highest BCUT2D eigenvalue weighted by Crippen LogP contribution is 2.21. The average Bonchev–Trinajstić information content (AvgIpc) is 2.44. The highest BCUT2D eigenvalue weighted by Gasteiger charge is 2.07. The quantitative estimate of drug-likeness (QED) is 0.746. The van der Waals surface area contributed by atoms with E-state index in [1.807, 2.05) is 13.0 Å². The van der Waals surface area contributed by atoms with Gasteiger partial charge in [0.2, 0.25) is 0 Å². The number of rotatable bonds is 2. The summed E-state index contributed by atoms with van der Waals surface area (Å²) in [4.78, 5) is 3.42. The van der Waals surface area contributed by atoms with Crippen molar-refractivity contribution in [3.63, 3.8) is 0 Å². The number of nitrogens with two attached hydrogens (primary N) is 1. The molecule has 1 unspecified atom stereocenters. The number of benzene rings is 1. The number of para-hydroxylation sites is 1. The Balaban J connectivity index is 2.51. The Morgan fingerprint density at radius 1 is 1.36 bits per heavy atom. The number of hydrogen-bond donors (Lipinski definition) is 2. The van der Waals surface area contributed by atoms with Crippen molar-refractivity contribution >= 4 is 10.9 Å². The molecular formula is C12H16N2. The van der Waals surface area contributed by atoms with Crippen LogP contribution < -0.4 is 5.73 Å². The molecule has 2 heteroatoms. The van der Waals surface area contributed by atoms with Crippen LogP contribution in [0.25, 0.3) is 10.9 Å². The molecule has 0 aliphatic rings. The molecular weight excluding hydrogens is 172 g/mol. The number of nitrogens with one attached hydrogen (secondary N) is 1. The van der Waals surface area contributed by atoms with Crippen LogP contribution in [-0.4, -0.2) is 11.0 Å². The smallest absolute Gasteiger partial charge is 0.0458 e. The van der Waals surface area contributed by atoms with E-state index in [4.69, 9.17) is 5.73 Å². The Labute approximate surface area is 84.1 Å². The van der Waals surface area contributed by atoms with Gasteiger partial charge in [-0.3, -0.25) is 0 Å². The second kappa shape index (κ2) is 3.46. The third kappa shape index (κ3) is 1.53. The predicted molar refractivity (Wildman–Crippen MR) is 60.4 cm³/mol. The van der Waals surface area contributed by atoms with Gasteiger partial charge >= 0.3 is 0 Å². The van der Waals surface area contributed by atoms with Crippen LogP contribution in [0.15, 0.2) is 24.3 Å². The molecule has 0 spiro atoms. The normalized spacial score (nSPS) is 13.4. The van der Waals surface area contributed by atoms with Gasteiger partial charge in [0.1, 0.15) is 0 Å². The Kier molecular flexibility index (Phi) is 2.30. The third-order valence-corrected chi connectivity index (χ3v) is 2.60. The van der Waals surface area contributed by atoms with Crippen molar-refractivity contribution in [2.75, 3.05) is 0 Å². The van der Waals surface area contributed by atoms with Gasteiger partial charge in [-0.05, 0) is 25.5 Å². The molecule has 0 saturated carbocycles. The van der Waals surface area contributed by atoms with E-state index in [9.17, 15) is 0 Å². The maximum Gasteiger partial charge on any atom is 0.0458 e. The Hall–Kier alpha value is -1.28. The van der Waals surface area contributed by atoms with E-state index >= 15 is 0 Å². The molecule has 2 aromatic rings. The monoisotopic (exact) mass is 188 g/mol. The first-order chi connectivity index (χ1) is 6.68. The summed E-state index contributed by atoms with van der Waals surface area (Å²) in [6.07, 6.45) is 0.917. The summed E-state index contributed by atoms with van der Waals surface area (Å²) in [6.45, 7) is 4.18. The number of hydrogen-bond acceptors (Lipinski definition) is 1. The molecule has 1 atom stereocenters. The number of aryl methyl sites for hydroxylation is 1. The lowest BCUT2D eigenvalue weighted by atomic mass is 10.1. The summed E-state index contributed by atoms with van der Waals surface area (Å²) in [6, 6.07) is 8.58. The Bertz CT molecular complexity index is 441. The second-order valence-electron chi connectivity index (χ2n) is 3.96. The predicted octanol–water partition coefficient (Wildman–Crippen LogP) is 2.37. The molecule has 2 nitrogen and oxygen atoms in total. The van der Waals surface area contributed by atoms with Gasteiger partial charge in [-0.25, -0.2) is 0 Å². The summed E-state index contributed by atoms with van der Waals surface area (Å²) in [5.41, 5.74) is 9.60. The minimum absolute atomic E-state index is 0.210. The minimum Gasteiger partial charge on any atom is -0.358 e. The average molecular weight is 188 g/mol. The zero-order valence-corrected chi connectivity index (χ0v) is 8.67. The van der Waals surface area contributed by atoms with Gasteiger partial charge in [0, 0.05) is 29.1 Å². The lowest BCUT2D eigenvalue weighted by molar-refractivity contribution is 0.724. The molecule has 1 aromatic heterocycles. The minimum atomic E-state index is 0.210. The first kappa shape index (κ1) is 9.28. The first-order valence-corrected chi connectivity index (χ1v) is 5.00. The fourth-order valence-corrected chi connectivity index (χ4v) is 1.86. The zero-order chi connectivity index (χ0) is 10.1. The van der Waals surface area contributed by atoms with Gasteiger partial charge in [0.25, 0.3) is 0 Å². The van der Waals surface area contributed by atoms with Gasteiger partial charge in [-0.2, -0.15) is 0 Å². The third-order valence-electron chi connectivity index (χ3n) is 2.60. The Morgan fingerprint density at radius 3 is 2.71 bits per heavy atom. The fourth-order valence-electron chi connectivity index (χ4n) is 1.86. The van der Waals surface area contributed by atoms with Crippen molar-refractivity contribution in [2.45, 2.75) is 26.3 Å². The van der Waals surface area contributed by atoms with Gasteiger partial charge in [-0.15, -0.1) is 0 Å². The number of H-pyrrole nitrogens is 1. The van der Waals surface area contributed by atoms with E-state index < -0.39 is 0 Å². The highest BCUT2D eigenvalue weighted by molar-refractivity contribution is 5.84. The zero-order valence-electron chi connectivity index (χ0n) is 8.67. The molecule has 1 heterocycles. The molecule has 0 amide bonds. The standard InChI is InChI=1S/C12H16N2/c1-8(13)7-12-9(2)10-5-3-4-6-11(10)14-12/h3-6,8,14H,7,13H2,1-2H3. The summed E-state index contributed by atoms with van der Waals surface area (Å²) in [5.74, 6) is 0. The molecule has 74 valence electrons. The molecule has 0 aliphatic heterocycles. The maximum atomic E-state index is 5.80. The van der Waals surface area contributed by atoms with E-state index in [1.54, 1.807) is 0 Å². The fraction of sp³-hybridized carbons (Fsp3) is 0.333. The van der Waals surface area contributed by atoms with Crippen LogP contribution >= 0.6 is 0 Å². The van der Waals surface area contributed by atoms with Crippen molar-refractivity contribution in [3.8, 4) is 0 Å². The molecule has 1 aromatic carbocycles.